The van der Waals surface area contributed by atoms with Crippen LogP contribution in [0.4, 0.5) is 8.78 Å². The number of benzene rings is 1. The van der Waals surface area contributed by atoms with Crippen molar-refractivity contribution in [2.24, 2.45) is 11.1 Å². The van der Waals surface area contributed by atoms with E-state index in [4.69, 9.17) is 11.0 Å². The Kier molecular flexibility index (Phi) is 2.64. The number of nitriles is 1. The molecule has 0 radical (unpaired) electrons. The summed E-state index contributed by atoms with van der Waals surface area (Å²) in [7, 11) is 0. The summed E-state index contributed by atoms with van der Waals surface area (Å²) in [6.45, 7) is 0. The average molecular weight is 222 g/mol. The van der Waals surface area contributed by atoms with Crippen molar-refractivity contribution in [1.29, 1.82) is 5.26 Å². The van der Waals surface area contributed by atoms with E-state index in [9.17, 15) is 8.78 Å². The van der Waals surface area contributed by atoms with Crippen LogP contribution in [0.1, 0.15) is 30.9 Å². The summed E-state index contributed by atoms with van der Waals surface area (Å²) < 4.78 is 26.5. The SMILES string of the molecule is N#CC1(C(N)c2cc(F)ccc2F)CCC1. The largest absolute Gasteiger partial charge is 0.323 e. The molecule has 1 aliphatic carbocycles. The molecule has 0 bridgehead atoms. The molecule has 0 saturated heterocycles. The number of nitrogens with two attached hydrogens (primary N) is 1. The minimum absolute atomic E-state index is 0.0984. The lowest BCUT2D eigenvalue weighted by Gasteiger charge is -2.40. The van der Waals surface area contributed by atoms with E-state index in [1.54, 1.807) is 0 Å². The molecule has 1 aromatic carbocycles. The van der Waals surface area contributed by atoms with Gasteiger partial charge in [-0.25, -0.2) is 8.78 Å². The van der Waals surface area contributed by atoms with Crippen LogP contribution in [0.5, 0.6) is 0 Å². The highest BCUT2D eigenvalue weighted by atomic mass is 19.1. The van der Waals surface area contributed by atoms with Crippen molar-refractivity contribution in [3.63, 3.8) is 0 Å². The van der Waals surface area contributed by atoms with E-state index in [0.29, 0.717) is 12.8 Å². The van der Waals surface area contributed by atoms with Gasteiger partial charge in [0.1, 0.15) is 11.6 Å². The van der Waals surface area contributed by atoms with Crippen molar-refractivity contribution in [2.45, 2.75) is 25.3 Å². The highest BCUT2D eigenvalue weighted by Gasteiger charge is 2.44. The van der Waals surface area contributed by atoms with Gasteiger partial charge < -0.3 is 5.73 Å². The van der Waals surface area contributed by atoms with Gasteiger partial charge in [-0.3, -0.25) is 0 Å². The van der Waals surface area contributed by atoms with Crippen molar-refractivity contribution in [3.8, 4) is 6.07 Å². The molecular weight excluding hydrogens is 210 g/mol. The second-order valence-electron chi connectivity index (χ2n) is 4.27. The average Bonchev–Trinajstić information content (AvgIpc) is 2.21. The van der Waals surface area contributed by atoms with Gasteiger partial charge in [-0.1, -0.05) is 6.42 Å². The summed E-state index contributed by atoms with van der Waals surface area (Å²) in [5, 5.41) is 9.08. The van der Waals surface area contributed by atoms with Gasteiger partial charge in [0.25, 0.3) is 0 Å². The van der Waals surface area contributed by atoms with E-state index in [-0.39, 0.29) is 5.56 Å². The summed E-state index contributed by atoms with van der Waals surface area (Å²) >= 11 is 0. The fraction of sp³-hybridized carbons (Fsp3) is 0.417. The van der Waals surface area contributed by atoms with Crippen LogP contribution in [-0.4, -0.2) is 0 Å². The molecule has 1 unspecified atom stereocenters. The minimum atomic E-state index is -0.748. The highest BCUT2D eigenvalue weighted by Crippen LogP contribution is 2.48. The van der Waals surface area contributed by atoms with E-state index in [2.05, 4.69) is 6.07 Å². The highest BCUT2D eigenvalue weighted by molar-refractivity contribution is 5.28. The van der Waals surface area contributed by atoms with Crippen molar-refractivity contribution < 1.29 is 8.78 Å². The Labute approximate surface area is 92.7 Å². The molecule has 1 aliphatic rings. The zero-order chi connectivity index (χ0) is 11.8. The third-order valence-corrected chi connectivity index (χ3v) is 3.36. The second kappa shape index (κ2) is 3.84. The minimum Gasteiger partial charge on any atom is -0.323 e. The zero-order valence-electron chi connectivity index (χ0n) is 8.71. The van der Waals surface area contributed by atoms with Crippen LogP contribution >= 0.6 is 0 Å². The first-order chi connectivity index (χ1) is 7.59. The quantitative estimate of drug-likeness (QED) is 0.836. The lowest BCUT2D eigenvalue weighted by atomic mass is 9.63. The summed E-state index contributed by atoms with van der Waals surface area (Å²) in [6, 6.07) is 4.58. The van der Waals surface area contributed by atoms with Crippen LogP contribution in [0, 0.1) is 28.4 Å². The summed E-state index contributed by atoms with van der Waals surface area (Å²) in [4.78, 5) is 0. The Hall–Kier alpha value is -1.47. The van der Waals surface area contributed by atoms with Crippen molar-refractivity contribution in [3.05, 3.63) is 35.4 Å². The fourth-order valence-electron chi connectivity index (χ4n) is 2.10. The van der Waals surface area contributed by atoms with E-state index in [1.807, 2.05) is 0 Å². The van der Waals surface area contributed by atoms with Gasteiger partial charge in [-0.05, 0) is 31.0 Å². The number of rotatable bonds is 2. The first-order valence-electron chi connectivity index (χ1n) is 5.21. The summed E-state index contributed by atoms with van der Waals surface area (Å²) in [5.74, 6) is -1.07. The lowest BCUT2D eigenvalue weighted by molar-refractivity contribution is 0.166. The monoisotopic (exact) mass is 222 g/mol. The maximum absolute atomic E-state index is 13.5. The summed E-state index contributed by atoms with van der Waals surface area (Å²) in [6.07, 6.45) is 2.22. The Morgan fingerprint density at radius 1 is 1.38 bits per heavy atom. The first-order valence-corrected chi connectivity index (χ1v) is 5.21. The molecule has 16 heavy (non-hydrogen) atoms. The van der Waals surface area contributed by atoms with Crippen LogP contribution in [0.3, 0.4) is 0 Å². The molecule has 2 N–H and O–H groups in total. The molecule has 0 amide bonds. The van der Waals surface area contributed by atoms with Gasteiger partial charge in [0, 0.05) is 5.56 Å². The van der Waals surface area contributed by atoms with Crippen LogP contribution in [0.15, 0.2) is 18.2 Å². The predicted octanol–water partition coefficient (Wildman–Crippen LogP) is 2.66. The molecule has 4 heteroatoms. The van der Waals surface area contributed by atoms with Gasteiger partial charge in [0.15, 0.2) is 0 Å². The maximum atomic E-state index is 13.5. The van der Waals surface area contributed by atoms with Crippen LogP contribution in [0.25, 0.3) is 0 Å². The number of hydrogen-bond donors (Lipinski definition) is 1. The van der Waals surface area contributed by atoms with E-state index < -0.39 is 23.1 Å². The smallest absolute Gasteiger partial charge is 0.128 e. The van der Waals surface area contributed by atoms with Crippen molar-refractivity contribution in [2.75, 3.05) is 0 Å². The van der Waals surface area contributed by atoms with Gasteiger partial charge >= 0.3 is 0 Å². The molecule has 84 valence electrons. The molecular formula is C12H12F2N2. The summed E-state index contributed by atoms with van der Waals surface area (Å²) in [5.41, 5.74) is 5.27. The topological polar surface area (TPSA) is 49.8 Å². The fourth-order valence-corrected chi connectivity index (χ4v) is 2.10. The maximum Gasteiger partial charge on any atom is 0.128 e. The Morgan fingerprint density at radius 3 is 2.56 bits per heavy atom. The molecule has 1 aromatic rings. The van der Waals surface area contributed by atoms with Crippen LogP contribution < -0.4 is 5.73 Å². The normalized spacial score (nSPS) is 19.6. The van der Waals surface area contributed by atoms with E-state index in [0.717, 1.165) is 24.6 Å². The van der Waals surface area contributed by atoms with Crippen molar-refractivity contribution >= 4 is 0 Å². The van der Waals surface area contributed by atoms with Crippen LogP contribution in [0.2, 0.25) is 0 Å². The number of nitrogens with zero attached hydrogens (tertiary/aromatic N) is 1. The van der Waals surface area contributed by atoms with Gasteiger partial charge in [-0.15, -0.1) is 0 Å². The molecule has 1 atom stereocenters. The van der Waals surface area contributed by atoms with Crippen molar-refractivity contribution in [1.82, 2.24) is 0 Å². The van der Waals surface area contributed by atoms with Gasteiger partial charge in [0.05, 0.1) is 17.5 Å². The number of hydrogen-bond acceptors (Lipinski definition) is 2. The molecule has 2 nitrogen and oxygen atoms in total. The number of halogens is 2. The molecule has 0 aliphatic heterocycles. The van der Waals surface area contributed by atoms with Gasteiger partial charge in [-0.2, -0.15) is 5.26 Å². The van der Waals surface area contributed by atoms with Crippen LogP contribution in [-0.2, 0) is 0 Å². The molecule has 1 saturated carbocycles. The third-order valence-electron chi connectivity index (χ3n) is 3.36. The molecule has 0 aromatic heterocycles. The lowest BCUT2D eigenvalue weighted by Crippen LogP contribution is -2.39. The first kappa shape index (κ1) is 11.0. The van der Waals surface area contributed by atoms with Gasteiger partial charge in [0.2, 0.25) is 0 Å². The third kappa shape index (κ3) is 1.57. The Bertz CT molecular complexity index is 447. The Balaban J connectivity index is 2.37. The second-order valence-corrected chi connectivity index (χ2v) is 4.27. The molecule has 1 fully saturated rings. The standard InChI is InChI=1S/C12H12F2N2/c13-8-2-3-10(14)9(6-8)11(16)12(7-15)4-1-5-12/h2-3,6,11H,1,4-5,16H2. The molecule has 0 spiro atoms. The zero-order valence-corrected chi connectivity index (χ0v) is 8.71. The van der Waals surface area contributed by atoms with E-state index >= 15 is 0 Å². The molecule has 2 rings (SSSR count). The Morgan fingerprint density at radius 2 is 2.06 bits per heavy atom. The van der Waals surface area contributed by atoms with E-state index in [1.165, 1.54) is 0 Å². The molecule has 0 heterocycles. The predicted molar refractivity (Wildman–Crippen MR) is 55.2 cm³/mol.